The summed E-state index contributed by atoms with van der Waals surface area (Å²) in [5.74, 6) is 0.175. The van der Waals surface area contributed by atoms with Crippen molar-refractivity contribution < 1.29 is 13.2 Å². The molecular formula is C19H17N3O3S. The average molecular weight is 367 g/mol. The minimum absolute atomic E-state index is 0.000814. The number of primary sulfonamides is 1. The van der Waals surface area contributed by atoms with Crippen LogP contribution < -0.4 is 10.5 Å². The van der Waals surface area contributed by atoms with Gasteiger partial charge in [-0.2, -0.15) is 0 Å². The van der Waals surface area contributed by atoms with Crippen molar-refractivity contribution in [3.63, 3.8) is 0 Å². The number of benzene rings is 2. The van der Waals surface area contributed by atoms with Gasteiger partial charge >= 0.3 is 0 Å². The van der Waals surface area contributed by atoms with E-state index < -0.39 is 10.0 Å². The van der Waals surface area contributed by atoms with Crippen molar-refractivity contribution in [1.29, 1.82) is 0 Å². The lowest BCUT2D eigenvalue weighted by Gasteiger charge is -2.10. The number of sulfonamides is 1. The second-order valence-corrected chi connectivity index (χ2v) is 7.97. The van der Waals surface area contributed by atoms with Crippen molar-refractivity contribution in [3.8, 4) is 0 Å². The number of nitrogens with one attached hydrogen (secondary N) is 1. The van der Waals surface area contributed by atoms with E-state index in [1.165, 1.54) is 24.3 Å². The highest BCUT2D eigenvalue weighted by molar-refractivity contribution is 7.89. The Morgan fingerprint density at radius 1 is 1.08 bits per heavy atom. The van der Waals surface area contributed by atoms with E-state index in [0.29, 0.717) is 17.2 Å². The van der Waals surface area contributed by atoms with E-state index in [2.05, 4.69) is 10.3 Å². The zero-order chi connectivity index (χ0) is 18.3. The molecular weight excluding hydrogens is 350 g/mol. The monoisotopic (exact) mass is 367 g/mol. The normalized spacial score (nSPS) is 14.3. The Labute approximate surface area is 151 Å². The van der Waals surface area contributed by atoms with Gasteiger partial charge in [0.15, 0.2) is 0 Å². The first-order chi connectivity index (χ1) is 12.4. The summed E-state index contributed by atoms with van der Waals surface area (Å²) >= 11 is 0. The molecule has 0 saturated heterocycles. The highest BCUT2D eigenvalue weighted by Crippen LogP contribution is 2.40. The molecule has 1 saturated carbocycles. The summed E-state index contributed by atoms with van der Waals surface area (Å²) in [5, 5.41) is 8.69. The standard InChI is InChI=1S/C19H17N3O3S/c20-26(24,25)14-9-7-13(8-10-14)21-19(23)16-11-18(12-5-6-12)22-17-4-2-1-3-15(16)17/h1-4,7-12H,5-6H2,(H,21,23)(H2,20,24,25). The summed E-state index contributed by atoms with van der Waals surface area (Å²) in [5.41, 5.74) is 2.80. The van der Waals surface area contributed by atoms with Gasteiger partial charge in [0, 0.05) is 22.7 Å². The minimum atomic E-state index is -3.76. The van der Waals surface area contributed by atoms with Gasteiger partial charge in [-0.3, -0.25) is 9.78 Å². The molecule has 1 aliphatic rings. The SMILES string of the molecule is NS(=O)(=O)c1ccc(NC(=O)c2cc(C3CC3)nc3ccccc23)cc1. The Balaban J connectivity index is 1.67. The van der Waals surface area contributed by atoms with E-state index in [9.17, 15) is 13.2 Å². The predicted octanol–water partition coefficient (Wildman–Crippen LogP) is 3.01. The number of rotatable bonds is 4. The van der Waals surface area contributed by atoms with Gasteiger partial charge in [-0.15, -0.1) is 0 Å². The summed E-state index contributed by atoms with van der Waals surface area (Å²) < 4.78 is 22.6. The number of nitrogens with two attached hydrogens (primary N) is 1. The third kappa shape index (κ3) is 3.31. The summed E-state index contributed by atoms with van der Waals surface area (Å²) in [6, 6.07) is 15.2. The molecule has 1 aromatic heterocycles. The smallest absolute Gasteiger partial charge is 0.256 e. The van der Waals surface area contributed by atoms with Crippen LogP contribution in [0.4, 0.5) is 5.69 Å². The van der Waals surface area contributed by atoms with Gasteiger partial charge in [0.25, 0.3) is 5.91 Å². The van der Waals surface area contributed by atoms with E-state index in [1.54, 1.807) is 0 Å². The molecule has 3 N–H and O–H groups in total. The molecule has 0 unspecified atom stereocenters. The summed E-state index contributed by atoms with van der Waals surface area (Å²) in [6.07, 6.45) is 2.20. The van der Waals surface area contributed by atoms with Gasteiger partial charge < -0.3 is 5.32 Å². The Kier molecular flexibility index (Phi) is 3.97. The number of carbonyl (C=O) groups excluding carboxylic acids is 1. The molecule has 4 rings (SSSR count). The van der Waals surface area contributed by atoms with Crippen LogP contribution in [0, 0.1) is 0 Å². The number of anilines is 1. The van der Waals surface area contributed by atoms with E-state index in [-0.39, 0.29) is 10.8 Å². The number of pyridine rings is 1. The Morgan fingerprint density at radius 3 is 2.42 bits per heavy atom. The van der Waals surface area contributed by atoms with Crippen molar-refractivity contribution in [1.82, 2.24) is 4.98 Å². The van der Waals surface area contributed by atoms with Gasteiger partial charge in [0.2, 0.25) is 10.0 Å². The second kappa shape index (κ2) is 6.19. The van der Waals surface area contributed by atoms with Crippen LogP contribution in [0.2, 0.25) is 0 Å². The van der Waals surface area contributed by atoms with Crippen molar-refractivity contribution in [2.45, 2.75) is 23.7 Å². The average Bonchev–Trinajstić information content (AvgIpc) is 3.45. The number of hydrogen-bond acceptors (Lipinski definition) is 4. The molecule has 1 fully saturated rings. The molecule has 132 valence electrons. The summed E-state index contributed by atoms with van der Waals surface area (Å²) in [4.78, 5) is 17.5. The number of fused-ring (bicyclic) bond motifs is 1. The van der Waals surface area contributed by atoms with Crippen molar-refractivity contribution in [2.24, 2.45) is 5.14 Å². The maximum atomic E-state index is 12.8. The molecule has 1 aliphatic carbocycles. The van der Waals surface area contributed by atoms with Gasteiger partial charge in [-0.1, -0.05) is 18.2 Å². The number of para-hydroxylation sites is 1. The second-order valence-electron chi connectivity index (χ2n) is 6.41. The van der Waals surface area contributed by atoms with Gasteiger partial charge in [0.1, 0.15) is 0 Å². The minimum Gasteiger partial charge on any atom is -0.322 e. The fourth-order valence-corrected chi connectivity index (χ4v) is 3.41. The first-order valence-corrected chi connectivity index (χ1v) is 9.80. The maximum Gasteiger partial charge on any atom is 0.256 e. The Morgan fingerprint density at radius 2 is 1.77 bits per heavy atom. The topological polar surface area (TPSA) is 102 Å². The Hall–Kier alpha value is -2.77. The van der Waals surface area contributed by atoms with Crippen molar-refractivity contribution in [2.75, 3.05) is 5.32 Å². The first-order valence-electron chi connectivity index (χ1n) is 8.26. The maximum absolute atomic E-state index is 12.8. The molecule has 26 heavy (non-hydrogen) atoms. The fraction of sp³-hybridized carbons (Fsp3) is 0.158. The third-order valence-corrected chi connectivity index (χ3v) is 5.35. The van der Waals surface area contributed by atoms with Gasteiger partial charge in [0.05, 0.1) is 16.0 Å². The molecule has 0 spiro atoms. The number of carbonyl (C=O) groups is 1. The Bertz CT molecular complexity index is 1100. The number of aromatic nitrogens is 1. The van der Waals surface area contributed by atoms with E-state index in [1.807, 2.05) is 30.3 Å². The van der Waals surface area contributed by atoms with Crippen LogP contribution >= 0.6 is 0 Å². The number of amides is 1. The van der Waals surface area contributed by atoms with Gasteiger partial charge in [-0.25, -0.2) is 13.6 Å². The van der Waals surface area contributed by atoms with Crippen LogP contribution in [-0.2, 0) is 10.0 Å². The molecule has 3 aromatic rings. The molecule has 6 nitrogen and oxygen atoms in total. The van der Waals surface area contributed by atoms with Crippen molar-refractivity contribution in [3.05, 3.63) is 65.9 Å². The zero-order valence-corrected chi connectivity index (χ0v) is 14.7. The van der Waals surface area contributed by atoms with Crippen LogP contribution in [0.15, 0.2) is 59.5 Å². The number of nitrogens with zero attached hydrogens (tertiary/aromatic N) is 1. The lowest BCUT2D eigenvalue weighted by molar-refractivity contribution is 0.102. The summed E-state index contributed by atoms with van der Waals surface area (Å²) in [7, 11) is -3.76. The van der Waals surface area contributed by atoms with Crippen LogP contribution in [0.3, 0.4) is 0 Å². The molecule has 2 aromatic carbocycles. The highest BCUT2D eigenvalue weighted by Gasteiger charge is 2.27. The predicted molar refractivity (Wildman–Crippen MR) is 99.5 cm³/mol. The van der Waals surface area contributed by atoms with Crippen molar-refractivity contribution >= 4 is 32.5 Å². The van der Waals surface area contributed by atoms with Crippen LogP contribution in [0.1, 0.15) is 34.8 Å². The van der Waals surface area contributed by atoms with Gasteiger partial charge in [-0.05, 0) is 49.2 Å². The van der Waals surface area contributed by atoms with Crippen LogP contribution in [0.25, 0.3) is 10.9 Å². The zero-order valence-electron chi connectivity index (χ0n) is 13.8. The lowest BCUT2D eigenvalue weighted by atomic mass is 10.1. The molecule has 1 heterocycles. The number of hydrogen-bond donors (Lipinski definition) is 2. The first kappa shape index (κ1) is 16.7. The van der Waals surface area contributed by atoms with Crippen LogP contribution in [0.5, 0.6) is 0 Å². The van der Waals surface area contributed by atoms with E-state index >= 15 is 0 Å². The molecule has 0 bridgehead atoms. The molecule has 0 radical (unpaired) electrons. The fourth-order valence-electron chi connectivity index (χ4n) is 2.90. The molecule has 0 atom stereocenters. The van der Waals surface area contributed by atoms with Crippen LogP contribution in [-0.4, -0.2) is 19.3 Å². The molecule has 7 heteroatoms. The van der Waals surface area contributed by atoms with E-state index in [0.717, 1.165) is 29.4 Å². The molecule has 1 amide bonds. The lowest BCUT2D eigenvalue weighted by Crippen LogP contribution is -2.14. The quantitative estimate of drug-likeness (QED) is 0.740. The summed E-state index contributed by atoms with van der Waals surface area (Å²) in [6.45, 7) is 0. The largest absolute Gasteiger partial charge is 0.322 e. The highest BCUT2D eigenvalue weighted by atomic mass is 32.2. The molecule has 0 aliphatic heterocycles. The third-order valence-electron chi connectivity index (χ3n) is 4.42. The van der Waals surface area contributed by atoms with E-state index in [4.69, 9.17) is 5.14 Å².